The fourth-order valence-electron chi connectivity index (χ4n) is 3.31. The van der Waals surface area contributed by atoms with Crippen LogP contribution in [0.1, 0.15) is 26.2 Å². The van der Waals surface area contributed by atoms with E-state index in [0.29, 0.717) is 12.1 Å². The SMILES string of the molecule is CC1=C(C#N)C(O)N(C)C(=O)C1=CNNC(=O)C[N+]1(C)CCCCC1. The Kier molecular flexibility index (Phi) is 5.82. The van der Waals surface area contributed by atoms with Crippen LogP contribution in [0.25, 0.3) is 0 Å². The van der Waals surface area contributed by atoms with Crippen LogP contribution in [-0.4, -0.2) is 66.3 Å². The predicted molar refractivity (Wildman–Crippen MR) is 91.1 cm³/mol. The van der Waals surface area contributed by atoms with Gasteiger partial charge in [0, 0.05) is 13.2 Å². The molecule has 1 atom stereocenters. The Hall–Kier alpha value is -2.37. The zero-order valence-corrected chi connectivity index (χ0v) is 15.0. The highest BCUT2D eigenvalue weighted by Gasteiger charge is 2.33. The van der Waals surface area contributed by atoms with Gasteiger partial charge in [0.15, 0.2) is 12.8 Å². The number of aliphatic hydroxyl groups is 1. The Balaban J connectivity index is 2.01. The number of aliphatic hydroxyl groups excluding tert-OH is 1. The van der Waals surface area contributed by atoms with Crippen LogP contribution >= 0.6 is 0 Å². The first kappa shape index (κ1) is 19.0. The lowest BCUT2D eigenvalue weighted by Gasteiger charge is -2.37. The topological polar surface area (TPSA) is 105 Å². The number of hydrogen-bond donors (Lipinski definition) is 3. The van der Waals surface area contributed by atoms with Crippen molar-refractivity contribution in [3.63, 3.8) is 0 Å². The molecule has 1 unspecified atom stereocenters. The van der Waals surface area contributed by atoms with Gasteiger partial charge in [-0.15, -0.1) is 0 Å². The third-order valence-corrected chi connectivity index (χ3v) is 4.95. The van der Waals surface area contributed by atoms with Gasteiger partial charge < -0.3 is 19.9 Å². The summed E-state index contributed by atoms with van der Waals surface area (Å²) in [6.07, 6.45) is 3.60. The number of amides is 2. The van der Waals surface area contributed by atoms with Gasteiger partial charge in [-0.05, 0) is 31.8 Å². The van der Waals surface area contributed by atoms with Crippen molar-refractivity contribution in [1.29, 1.82) is 5.26 Å². The average molecular weight is 348 g/mol. The van der Waals surface area contributed by atoms with E-state index in [0.717, 1.165) is 35.3 Å². The number of piperidine rings is 1. The van der Waals surface area contributed by atoms with Crippen molar-refractivity contribution in [2.24, 2.45) is 0 Å². The van der Waals surface area contributed by atoms with Crippen molar-refractivity contribution in [1.82, 2.24) is 15.8 Å². The maximum absolute atomic E-state index is 12.2. The Morgan fingerprint density at radius 1 is 1.44 bits per heavy atom. The summed E-state index contributed by atoms with van der Waals surface area (Å²) in [6, 6.07) is 1.92. The smallest absolute Gasteiger partial charge is 0.293 e. The van der Waals surface area contributed by atoms with E-state index in [4.69, 9.17) is 5.26 Å². The Bertz CT molecular complexity index is 656. The lowest BCUT2D eigenvalue weighted by atomic mass is 9.96. The van der Waals surface area contributed by atoms with Crippen molar-refractivity contribution in [2.45, 2.75) is 32.4 Å². The number of likely N-dealkylation sites (N-methyl/N-ethyl adjacent to an activating group) is 2. The van der Waals surface area contributed by atoms with Crippen LogP contribution in [0.3, 0.4) is 0 Å². The second-order valence-corrected chi connectivity index (χ2v) is 6.98. The van der Waals surface area contributed by atoms with Gasteiger partial charge in [-0.25, -0.2) is 0 Å². The van der Waals surface area contributed by atoms with Gasteiger partial charge in [-0.2, -0.15) is 5.26 Å². The van der Waals surface area contributed by atoms with E-state index >= 15 is 0 Å². The molecule has 25 heavy (non-hydrogen) atoms. The molecule has 3 N–H and O–H groups in total. The average Bonchev–Trinajstić information content (AvgIpc) is 2.57. The molecule has 2 aliphatic heterocycles. The number of likely N-dealkylation sites (tertiary alicyclic amines) is 1. The molecule has 0 saturated carbocycles. The van der Waals surface area contributed by atoms with E-state index in [-0.39, 0.29) is 17.1 Å². The summed E-state index contributed by atoms with van der Waals surface area (Å²) in [5, 5.41) is 19.1. The number of carbonyl (C=O) groups excluding carboxylic acids is 2. The van der Waals surface area contributed by atoms with Gasteiger partial charge in [-0.1, -0.05) is 0 Å². The lowest BCUT2D eigenvalue weighted by Crippen LogP contribution is -2.54. The molecule has 0 aliphatic carbocycles. The molecular formula is C17H26N5O3+. The van der Waals surface area contributed by atoms with Crippen LogP contribution in [-0.2, 0) is 9.59 Å². The number of rotatable bonds is 4. The monoisotopic (exact) mass is 348 g/mol. The van der Waals surface area contributed by atoms with E-state index in [1.165, 1.54) is 19.7 Å². The minimum atomic E-state index is -1.24. The van der Waals surface area contributed by atoms with Gasteiger partial charge in [-0.3, -0.25) is 15.0 Å². The number of quaternary nitrogens is 1. The minimum absolute atomic E-state index is 0.118. The summed E-state index contributed by atoms with van der Waals surface area (Å²) >= 11 is 0. The number of carbonyl (C=O) groups is 2. The largest absolute Gasteiger partial charge is 0.368 e. The van der Waals surface area contributed by atoms with Crippen LogP contribution in [0.15, 0.2) is 22.9 Å². The molecule has 0 spiro atoms. The first-order valence-corrected chi connectivity index (χ1v) is 8.43. The maximum Gasteiger partial charge on any atom is 0.293 e. The number of hydrogen-bond acceptors (Lipinski definition) is 5. The normalized spacial score (nSPS) is 24.9. The Labute approximate surface area is 147 Å². The number of nitrogens with one attached hydrogen (secondary N) is 2. The highest BCUT2D eigenvalue weighted by molar-refractivity contribution is 5.99. The van der Waals surface area contributed by atoms with Crippen molar-refractivity contribution >= 4 is 11.8 Å². The third-order valence-electron chi connectivity index (χ3n) is 4.95. The number of nitrogens with zero attached hydrogens (tertiary/aromatic N) is 3. The first-order valence-electron chi connectivity index (χ1n) is 8.43. The molecule has 2 amide bonds. The van der Waals surface area contributed by atoms with Gasteiger partial charge in [0.05, 0.1) is 37.4 Å². The molecule has 136 valence electrons. The number of hydrazine groups is 1. The molecule has 0 bridgehead atoms. The second-order valence-electron chi connectivity index (χ2n) is 6.98. The molecule has 1 saturated heterocycles. The first-order chi connectivity index (χ1) is 11.8. The molecule has 0 radical (unpaired) electrons. The maximum atomic E-state index is 12.2. The van der Waals surface area contributed by atoms with Crippen LogP contribution < -0.4 is 10.9 Å². The highest BCUT2D eigenvalue weighted by atomic mass is 16.3. The summed E-state index contributed by atoms with van der Waals surface area (Å²) < 4.78 is 0.718. The molecule has 1 fully saturated rings. The molecule has 0 aromatic carbocycles. The van der Waals surface area contributed by atoms with Gasteiger partial charge in [0.2, 0.25) is 0 Å². The molecule has 2 rings (SSSR count). The molecule has 2 heterocycles. The van der Waals surface area contributed by atoms with E-state index in [9.17, 15) is 14.7 Å². The zero-order valence-electron chi connectivity index (χ0n) is 15.0. The highest BCUT2D eigenvalue weighted by Crippen LogP contribution is 2.25. The quantitative estimate of drug-likeness (QED) is 0.369. The fraction of sp³-hybridized carbons (Fsp3) is 0.588. The van der Waals surface area contributed by atoms with E-state index < -0.39 is 12.1 Å². The summed E-state index contributed by atoms with van der Waals surface area (Å²) in [4.78, 5) is 25.5. The van der Waals surface area contributed by atoms with Crippen molar-refractivity contribution in [3.05, 3.63) is 22.9 Å². The molecule has 0 aromatic rings. The molecule has 8 nitrogen and oxygen atoms in total. The molecular weight excluding hydrogens is 322 g/mol. The predicted octanol–water partition coefficient (Wildman–Crippen LogP) is -0.248. The standard InChI is InChI=1S/C17H25N5O3/c1-12-13(9-18)16(24)21(2)17(25)14(12)10-19-20-15(23)11-22(3)7-5-4-6-8-22/h10,16,24H,4-8,11H2,1-3H3,(H-,19,20,23,25)/p+1. The summed E-state index contributed by atoms with van der Waals surface area (Å²) in [6.45, 7) is 3.95. The fourth-order valence-corrected chi connectivity index (χ4v) is 3.31. The van der Waals surface area contributed by atoms with Crippen LogP contribution in [0.5, 0.6) is 0 Å². The van der Waals surface area contributed by atoms with Crippen molar-refractivity contribution < 1.29 is 19.2 Å². The van der Waals surface area contributed by atoms with E-state index in [2.05, 4.69) is 17.9 Å². The van der Waals surface area contributed by atoms with E-state index in [1.54, 1.807) is 6.92 Å². The zero-order chi connectivity index (χ0) is 18.6. The summed E-state index contributed by atoms with van der Waals surface area (Å²) in [5.41, 5.74) is 6.00. The third kappa shape index (κ3) is 4.18. The van der Waals surface area contributed by atoms with Gasteiger partial charge >= 0.3 is 0 Å². The van der Waals surface area contributed by atoms with Gasteiger partial charge in [0.1, 0.15) is 0 Å². The van der Waals surface area contributed by atoms with E-state index in [1.807, 2.05) is 6.07 Å². The van der Waals surface area contributed by atoms with Crippen LogP contribution in [0.4, 0.5) is 0 Å². The Morgan fingerprint density at radius 2 is 2.08 bits per heavy atom. The second kappa shape index (κ2) is 7.68. The minimum Gasteiger partial charge on any atom is -0.368 e. The molecule has 2 aliphatic rings. The summed E-state index contributed by atoms with van der Waals surface area (Å²) in [7, 11) is 3.49. The molecule has 0 aromatic heterocycles. The van der Waals surface area contributed by atoms with Crippen molar-refractivity contribution in [3.8, 4) is 6.07 Å². The lowest BCUT2D eigenvalue weighted by molar-refractivity contribution is -0.906. The Morgan fingerprint density at radius 3 is 2.68 bits per heavy atom. The van der Waals surface area contributed by atoms with Crippen LogP contribution in [0, 0.1) is 11.3 Å². The van der Waals surface area contributed by atoms with Crippen LogP contribution in [0.2, 0.25) is 0 Å². The summed E-state index contributed by atoms with van der Waals surface area (Å²) in [5.74, 6) is -0.569. The molecule has 8 heteroatoms. The van der Waals surface area contributed by atoms with Gasteiger partial charge in [0.25, 0.3) is 11.8 Å². The number of nitriles is 1. The van der Waals surface area contributed by atoms with Crippen molar-refractivity contribution in [2.75, 3.05) is 33.7 Å².